The standard InChI is InChI=1S/C20H25N3O3/c1-23(2)14-17-9-7-6-8-16(17)12-21-19(24)13-22-20(25)15-26-18-10-4-3-5-11-18/h3-11H,12-15H2,1-2H3,(H,21,24)(H,22,25). The lowest BCUT2D eigenvalue weighted by molar-refractivity contribution is -0.127. The lowest BCUT2D eigenvalue weighted by Gasteiger charge is -2.14. The van der Waals surface area contributed by atoms with Crippen LogP contribution in [0.4, 0.5) is 0 Å². The van der Waals surface area contributed by atoms with Crippen LogP contribution < -0.4 is 15.4 Å². The van der Waals surface area contributed by atoms with Crippen molar-refractivity contribution in [3.63, 3.8) is 0 Å². The van der Waals surface area contributed by atoms with Crippen LogP contribution in [0.15, 0.2) is 54.6 Å². The Bertz CT molecular complexity index is 717. The fourth-order valence-corrected chi connectivity index (χ4v) is 2.38. The minimum absolute atomic E-state index is 0.0766. The molecule has 0 aliphatic heterocycles. The molecule has 0 aliphatic carbocycles. The lowest BCUT2D eigenvalue weighted by atomic mass is 10.1. The number of amides is 2. The molecule has 138 valence electrons. The van der Waals surface area contributed by atoms with E-state index in [1.54, 1.807) is 12.1 Å². The first-order valence-electron chi connectivity index (χ1n) is 8.47. The summed E-state index contributed by atoms with van der Waals surface area (Å²) in [6, 6.07) is 17.0. The summed E-state index contributed by atoms with van der Waals surface area (Å²) in [5.74, 6) is 0.0410. The van der Waals surface area contributed by atoms with Crippen molar-refractivity contribution in [1.29, 1.82) is 0 Å². The van der Waals surface area contributed by atoms with E-state index in [-0.39, 0.29) is 25.0 Å². The highest BCUT2D eigenvalue weighted by molar-refractivity contribution is 5.85. The molecule has 0 saturated carbocycles. The van der Waals surface area contributed by atoms with Crippen LogP contribution in [0.3, 0.4) is 0 Å². The van der Waals surface area contributed by atoms with Crippen molar-refractivity contribution < 1.29 is 14.3 Å². The average molecular weight is 355 g/mol. The first-order valence-corrected chi connectivity index (χ1v) is 8.47. The predicted molar refractivity (Wildman–Crippen MR) is 101 cm³/mol. The second-order valence-electron chi connectivity index (χ2n) is 6.16. The van der Waals surface area contributed by atoms with Crippen molar-refractivity contribution in [2.24, 2.45) is 0 Å². The molecule has 0 aromatic heterocycles. The van der Waals surface area contributed by atoms with Crippen LogP contribution in [-0.2, 0) is 22.7 Å². The minimum Gasteiger partial charge on any atom is -0.484 e. The van der Waals surface area contributed by atoms with Gasteiger partial charge in [-0.3, -0.25) is 9.59 Å². The first kappa shape index (κ1) is 19.5. The number of ether oxygens (including phenoxy) is 1. The molecular formula is C20H25N3O3. The molecule has 0 aliphatic rings. The summed E-state index contributed by atoms with van der Waals surface area (Å²) in [7, 11) is 4.00. The molecule has 0 fully saturated rings. The largest absolute Gasteiger partial charge is 0.484 e. The van der Waals surface area contributed by atoms with Crippen LogP contribution in [0.5, 0.6) is 5.75 Å². The predicted octanol–water partition coefficient (Wildman–Crippen LogP) is 1.56. The van der Waals surface area contributed by atoms with Gasteiger partial charge in [0.15, 0.2) is 6.61 Å². The van der Waals surface area contributed by atoms with Crippen LogP contribution in [-0.4, -0.2) is 44.0 Å². The van der Waals surface area contributed by atoms with E-state index in [9.17, 15) is 9.59 Å². The van der Waals surface area contributed by atoms with Crippen molar-refractivity contribution in [2.75, 3.05) is 27.2 Å². The number of nitrogens with one attached hydrogen (secondary N) is 2. The van der Waals surface area contributed by atoms with Crippen LogP contribution in [0.2, 0.25) is 0 Å². The highest BCUT2D eigenvalue weighted by atomic mass is 16.5. The van der Waals surface area contributed by atoms with Gasteiger partial charge in [-0.05, 0) is 37.4 Å². The Hall–Kier alpha value is -2.86. The highest BCUT2D eigenvalue weighted by Crippen LogP contribution is 2.10. The maximum absolute atomic E-state index is 12.0. The van der Waals surface area contributed by atoms with E-state index >= 15 is 0 Å². The molecule has 2 aromatic carbocycles. The number of nitrogens with zero attached hydrogens (tertiary/aromatic N) is 1. The Kier molecular flexibility index (Phi) is 7.64. The summed E-state index contributed by atoms with van der Waals surface area (Å²) in [5, 5.41) is 5.38. The van der Waals surface area contributed by atoms with Gasteiger partial charge in [0.2, 0.25) is 5.91 Å². The molecule has 0 unspecified atom stereocenters. The van der Waals surface area contributed by atoms with E-state index in [4.69, 9.17) is 4.74 Å². The normalized spacial score (nSPS) is 10.4. The number of carbonyl (C=O) groups excluding carboxylic acids is 2. The summed E-state index contributed by atoms with van der Waals surface area (Å²) in [6.45, 7) is 1.04. The SMILES string of the molecule is CN(C)Cc1ccccc1CNC(=O)CNC(=O)COc1ccccc1. The second-order valence-corrected chi connectivity index (χ2v) is 6.16. The monoisotopic (exact) mass is 355 g/mol. The topological polar surface area (TPSA) is 70.7 Å². The van der Waals surface area contributed by atoms with Gasteiger partial charge in [-0.25, -0.2) is 0 Å². The molecular weight excluding hydrogens is 330 g/mol. The van der Waals surface area contributed by atoms with Gasteiger partial charge in [-0.2, -0.15) is 0 Å². The summed E-state index contributed by atoms with van der Waals surface area (Å²) >= 11 is 0. The van der Waals surface area contributed by atoms with Gasteiger partial charge in [0, 0.05) is 13.1 Å². The Morgan fingerprint density at radius 1 is 0.885 bits per heavy atom. The van der Waals surface area contributed by atoms with Crippen molar-refractivity contribution >= 4 is 11.8 Å². The first-order chi connectivity index (χ1) is 12.5. The molecule has 2 amide bonds. The summed E-state index contributed by atoms with van der Waals surface area (Å²) in [6.07, 6.45) is 0. The molecule has 2 aromatic rings. The van der Waals surface area contributed by atoms with E-state index in [1.165, 1.54) is 0 Å². The number of benzene rings is 2. The minimum atomic E-state index is -0.336. The Morgan fingerprint density at radius 2 is 1.54 bits per heavy atom. The van der Waals surface area contributed by atoms with E-state index in [1.807, 2.05) is 56.6 Å². The third-order valence-electron chi connectivity index (χ3n) is 3.64. The van der Waals surface area contributed by atoms with E-state index < -0.39 is 0 Å². The van der Waals surface area contributed by atoms with Crippen LogP contribution in [0, 0.1) is 0 Å². The highest BCUT2D eigenvalue weighted by Gasteiger charge is 2.08. The number of carbonyl (C=O) groups is 2. The average Bonchev–Trinajstić information content (AvgIpc) is 2.64. The van der Waals surface area contributed by atoms with Crippen LogP contribution in [0.25, 0.3) is 0 Å². The molecule has 0 radical (unpaired) electrons. The van der Waals surface area contributed by atoms with Crippen molar-refractivity contribution in [3.05, 3.63) is 65.7 Å². The van der Waals surface area contributed by atoms with Crippen LogP contribution >= 0.6 is 0 Å². The zero-order valence-electron chi connectivity index (χ0n) is 15.2. The molecule has 0 saturated heterocycles. The van der Waals surface area contributed by atoms with Gasteiger partial charge in [-0.1, -0.05) is 42.5 Å². The Labute approximate surface area is 154 Å². The maximum atomic E-state index is 12.0. The van der Waals surface area contributed by atoms with E-state index in [2.05, 4.69) is 15.5 Å². The molecule has 0 spiro atoms. The quantitative estimate of drug-likeness (QED) is 0.716. The second kappa shape index (κ2) is 10.2. The summed E-state index contributed by atoms with van der Waals surface area (Å²) < 4.78 is 5.33. The zero-order chi connectivity index (χ0) is 18.8. The molecule has 0 heterocycles. The fraction of sp³-hybridized carbons (Fsp3) is 0.300. The van der Waals surface area contributed by atoms with Gasteiger partial charge in [-0.15, -0.1) is 0 Å². The molecule has 0 bridgehead atoms. The number of rotatable bonds is 9. The molecule has 26 heavy (non-hydrogen) atoms. The smallest absolute Gasteiger partial charge is 0.258 e. The summed E-state index contributed by atoms with van der Waals surface area (Å²) in [4.78, 5) is 25.8. The number of hydrogen-bond acceptors (Lipinski definition) is 4. The van der Waals surface area contributed by atoms with Gasteiger partial charge in [0.25, 0.3) is 5.91 Å². The fourth-order valence-electron chi connectivity index (χ4n) is 2.38. The third kappa shape index (κ3) is 6.94. The summed E-state index contributed by atoms with van der Waals surface area (Å²) in [5.41, 5.74) is 2.23. The molecule has 6 heteroatoms. The zero-order valence-corrected chi connectivity index (χ0v) is 15.2. The third-order valence-corrected chi connectivity index (χ3v) is 3.64. The molecule has 0 atom stereocenters. The van der Waals surface area contributed by atoms with Crippen molar-refractivity contribution in [3.8, 4) is 5.75 Å². The Morgan fingerprint density at radius 3 is 2.23 bits per heavy atom. The molecule has 2 rings (SSSR count). The van der Waals surface area contributed by atoms with E-state index in [0.717, 1.165) is 17.7 Å². The van der Waals surface area contributed by atoms with Crippen molar-refractivity contribution in [1.82, 2.24) is 15.5 Å². The van der Waals surface area contributed by atoms with E-state index in [0.29, 0.717) is 12.3 Å². The molecule has 2 N–H and O–H groups in total. The number of para-hydroxylation sites is 1. The van der Waals surface area contributed by atoms with Crippen molar-refractivity contribution in [2.45, 2.75) is 13.1 Å². The van der Waals surface area contributed by atoms with Crippen LogP contribution in [0.1, 0.15) is 11.1 Å². The molecule has 6 nitrogen and oxygen atoms in total. The number of hydrogen-bond donors (Lipinski definition) is 2. The van der Waals surface area contributed by atoms with Gasteiger partial charge in [0.1, 0.15) is 5.75 Å². The van der Waals surface area contributed by atoms with Gasteiger partial charge in [0.05, 0.1) is 6.54 Å². The lowest BCUT2D eigenvalue weighted by Crippen LogP contribution is -2.38. The van der Waals surface area contributed by atoms with Gasteiger partial charge >= 0.3 is 0 Å². The maximum Gasteiger partial charge on any atom is 0.258 e. The Balaban J connectivity index is 1.71. The van der Waals surface area contributed by atoms with Gasteiger partial charge < -0.3 is 20.3 Å².